The lowest BCUT2D eigenvalue weighted by Crippen LogP contribution is -2.33. The zero-order valence-corrected chi connectivity index (χ0v) is 17.1. The monoisotopic (exact) mass is 391 g/mol. The van der Waals surface area contributed by atoms with E-state index < -0.39 is 0 Å². The molecular weight excluding hydrogens is 366 g/mol. The minimum Gasteiger partial charge on any atom is -0.302 e. The highest BCUT2D eigenvalue weighted by atomic mass is 35.5. The number of hydrogen-bond acceptors (Lipinski definition) is 4. The Morgan fingerprint density at radius 2 is 2.08 bits per heavy atom. The molecule has 140 valence electrons. The van der Waals surface area contributed by atoms with Crippen LogP contribution in [0.2, 0.25) is 5.02 Å². The van der Waals surface area contributed by atoms with E-state index in [2.05, 4.69) is 29.8 Å². The van der Waals surface area contributed by atoms with Gasteiger partial charge in [-0.2, -0.15) is 4.98 Å². The Labute approximate surface area is 164 Å². The number of benzene rings is 1. The van der Waals surface area contributed by atoms with Crippen molar-refractivity contribution in [3.8, 4) is 0 Å². The van der Waals surface area contributed by atoms with Gasteiger partial charge >= 0.3 is 5.69 Å². The van der Waals surface area contributed by atoms with Crippen LogP contribution in [0.15, 0.2) is 34.1 Å². The van der Waals surface area contributed by atoms with Gasteiger partial charge in [-0.15, -0.1) is 11.8 Å². The smallest absolute Gasteiger partial charge is 0.302 e. The van der Waals surface area contributed by atoms with Crippen LogP contribution in [0.5, 0.6) is 0 Å². The summed E-state index contributed by atoms with van der Waals surface area (Å²) in [6.45, 7) is 7.96. The van der Waals surface area contributed by atoms with Crippen LogP contribution < -0.4 is 5.69 Å². The van der Waals surface area contributed by atoms with Gasteiger partial charge in [-0.1, -0.05) is 37.6 Å². The molecule has 0 unspecified atom stereocenters. The van der Waals surface area contributed by atoms with Gasteiger partial charge in [0.05, 0.1) is 0 Å². The highest BCUT2D eigenvalue weighted by molar-refractivity contribution is 7.98. The van der Waals surface area contributed by atoms with E-state index in [-0.39, 0.29) is 5.69 Å². The first-order valence-electron chi connectivity index (χ1n) is 9.34. The standard InChI is InChI=1S/C20H26ClN3OS/c1-3-23(4-2)11-12-24-18-10-6-9-17(18)19(22-20(24)25)26-14-15-7-5-8-16(21)13-15/h5,7-8,13H,3-4,6,9-12,14H2,1-2H3. The highest BCUT2D eigenvalue weighted by Gasteiger charge is 2.22. The SMILES string of the molecule is CCN(CC)CCn1c2c(c(SCc3cccc(Cl)c3)nc1=O)CCC2. The van der Waals surface area contributed by atoms with E-state index in [0.717, 1.165) is 66.8 Å². The fraction of sp³-hybridized carbons (Fsp3) is 0.500. The van der Waals surface area contributed by atoms with Crippen molar-refractivity contribution in [3.05, 3.63) is 56.6 Å². The van der Waals surface area contributed by atoms with Crippen molar-refractivity contribution in [1.82, 2.24) is 14.5 Å². The second-order valence-electron chi connectivity index (χ2n) is 6.58. The lowest BCUT2D eigenvalue weighted by Gasteiger charge is -2.20. The number of halogens is 1. The van der Waals surface area contributed by atoms with Crippen molar-refractivity contribution >= 4 is 23.4 Å². The first kappa shape index (κ1) is 19.5. The Hall–Kier alpha value is -1.30. The van der Waals surface area contributed by atoms with Crippen molar-refractivity contribution in [3.63, 3.8) is 0 Å². The minimum absolute atomic E-state index is 0.105. The van der Waals surface area contributed by atoms with Gasteiger partial charge in [-0.3, -0.25) is 4.57 Å². The molecule has 1 aliphatic rings. The number of nitrogens with zero attached hydrogens (tertiary/aromatic N) is 3. The topological polar surface area (TPSA) is 38.1 Å². The van der Waals surface area contributed by atoms with Crippen LogP contribution in [-0.4, -0.2) is 34.1 Å². The molecular formula is C20H26ClN3OS. The fourth-order valence-corrected chi connectivity index (χ4v) is 4.73. The Morgan fingerprint density at radius 1 is 1.27 bits per heavy atom. The number of fused-ring (bicyclic) bond motifs is 1. The van der Waals surface area contributed by atoms with E-state index in [1.165, 1.54) is 11.3 Å². The summed E-state index contributed by atoms with van der Waals surface area (Å²) in [6.07, 6.45) is 3.11. The normalized spacial score (nSPS) is 13.4. The number of rotatable bonds is 8. The first-order chi connectivity index (χ1) is 12.6. The minimum atomic E-state index is -0.105. The molecule has 1 aromatic carbocycles. The van der Waals surface area contributed by atoms with E-state index in [1.54, 1.807) is 11.8 Å². The van der Waals surface area contributed by atoms with Crippen molar-refractivity contribution in [2.45, 2.75) is 50.4 Å². The van der Waals surface area contributed by atoms with Gasteiger partial charge in [0.15, 0.2) is 0 Å². The van der Waals surface area contributed by atoms with Gasteiger partial charge in [0.1, 0.15) is 5.03 Å². The van der Waals surface area contributed by atoms with Gasteiger partial charge in [0.25, 0.3) is 0 Å². The van der Waals surface area contributed by atoms with Gasteiger partial charge < -0.3 is 4.90 Å². The fourth-order valence-electron chi connectivity index (χ4n) is 3.50. The van der Waals surface area contributed by atoms with E-state index in [1.807, 2.05) is 22.8 Å². The van der Waals surface area contributed by atoms with E-state index in [4.69, 9.17) is 11.6 Å². The molecule has 1 aliphatic carbocycles. The molecule has 0 radical (unpaired) electrons. The molecule has 26 heavy (non-hydrogen) atoms. The molecule has 0 bridgehead atoms. The number of aromatic nitrogens is 2. The van der Waals surface area contributed by atoms with Crippen LogP contribution in [0, 0.1) is 0 Å². The van der Waals surface area contributed by atoms with Crippen LogP contribution >= 0.6 is 23.4 Å². The Kier molecular flexibility index (Phi) is 6.79. The third-order valence-corrected chi connectivity index (χ3v) is 6.32. The maximum atomic E-state index is 12.7. The number of likely N-dealkylation sites (N-methyl/N-ethyl adjacent to an activating group) is 1. The molecule has 0 fully saturated rings. The number of thioether (sulfide) groups is 1. The average Bonchev–Trinajstić information content (AvgIpc) is 3.12. The second kappa shape index (κ2) is 9.07. The van der Waals surface area contributed by atoms with Crippen molar-refractivity contribution in [2.24, 2.45) is 0 Å². The predicted molar refractivity (Wildman–Crippen MR) is 109 cm³/mol. The lowest BCUT2D eigenvalue weighted by atomic mass is 10.2. The summed E-state index contributed by atoms with van der Waals surface area (Å²) in [7, 11) is 0. The van der Waals surface area contributed by atoms with Gasteiger partial charge in [0.2, 0.25) is 0 Å². The zero-order chi connectivity index (χ0) is 18.5. The molecule has 1 aromatic heterocycles. The Bertz CT molecular complexity index is 817. The molecule has 2 aromatic rings. The number of hydrogen-bond donors (Lipinski definition) is 0. The van der Waals surface area contributed by atoms with Crippen molar-refractivity contribution in [2.75, 3.05) is 19.6 Å². The average molecular weight is 392 g/mol. The van der Waals surface area contributed by atoms with E-state index >= 15 is 0 Å². The van der Waals surface area contributed by atoms with E-state index in [0.29, 0.717) is 0 Å². The van der Waals surface area contributed by atoms with Gasteiger partial charge in [-0.05, 0) is 50.0 Å². The Balaban J connectivity index is 1.79. The maximum Gasteiger partial charge on any atom is 0.348 e. The molecule has 0 saturated carbocycles. The predicted octanol–water partition coefficient (Wildman–Crippen LogP) is 4.02. The molecule has 6 heteroatoms. The van der Waals surface area contributed by atoms with Gasteiger partial charge in [0, 0.05) is 35.1 Å². The molecule has 0 spiro atoms. The zero-order valence-electron chi connectivity index (χ0n) is 15.5. The van der Waals surface area contributed by atoms with Crippen LogP contribution in [0.4, 0.5) is 0 Å². The second-order valence-corrected chi connectivity index (χ2v) is 7.98. The Morgan fingerprint density at radius 3 is 2.81 bits per heavy atom. The first-order valence-corrected chi connectivity index (χ1v) is 10.7. The van der Waals surface area contributed by atoms with Crippen molar-refractivity contribution < 1.29 is 0 Å². The van der Waals surface area contributed by atoms with E-state index in [9.17, 15) is 4.79 Å². The summed E-state index contributed by atoms with van der Waals surface area (Å²) in [5.41, 5.74) is 3.52. The molecule has 0 saturated heterocycles. The molecule has 1 heterocycles. The molecule has 0 aliphatic heterocycles. The summed E-state index contributed by atoms with van der Waals surface area (Å²) in [6, 6.07) is 7.87. The van der Waals surface area contributed by atoms with Crippen molar-refractivity contribution in [1.29, 1.82) is 0 Å². The summed E-state index contributed by atoms with van der Waals surface area (Å²) in [5, 5.41) is 1.65. The third kappa shape index (κ3) is 4.51. The highest BCUT2D eigenvalue weighted by Crippen LogP contribution is 2.31. The summed E-state index contributed by atoms with van der Waals surface area (Å²) in [5.74, 6) is 0.781. The summed E-state index contributed by atoms with van der Waals surface area (Å²) >= 11 is 7.72. The largest absolute Gasteiger partial charge is 0.348 e. The molecule has 4 nitrogen and oxygen atoms in total. The lowest BCUT2D eigenvalue weighted by molar-refractivity contribution is 0.286. The third-order valence-electron chi connectivity index (χ3n) is 5.00. The van der Waals surface area contributed by atoms with Crippen LogP contribution in [0.1, 0.15) is 37.1 Å². The molecule has 0 atom stereocenters. The van der Waals surface area contributed by atoms with Crippen LogP contribution in [0.25, 0.3) is 0 Å². The maximum absolute atomic E-state index is 12.7. The summed E-state index contributed by atoms with van der Waals surface area (Å²) < 4.78 is 1.91. The van der Waals surface area contributed by atoms with Crippen LogP contribution in [-0.2, 0) is 25.1 Å². The molecule has 0 N–H and O–H groups in total. The summed E-state index contributed by atoms with van der Waals surface area (Å²) in [4.78, 5) is 19.4. The van der Waals surface area contributed by atoms with Crippen LogP contribution in [0.3, 0.4) is 0 Å². The molecule has 0 amide bonds. The van der Waals surface area contributed by atoms with Gasteiger partial charge in [-0.25, -0.2) is 4.79 Å². The molecule has 3 rings (SSSR count). The quantitative estimate of drug-likeness (QED) is 0.503.